The van der Waals surface area contributed by atoms with Crippen molar-refractivity contribution in [1.29, 1.82) is 0 Å². The molecule has 0 radical (unpaired) electrons. The molecule has 2 aliphatic heterocycles. The van der Waals surface area contributed by atoms with Crippen molar-refractivity contribution in [2.45, 2.75) is 216 Å². The Morgan fingerprint density at radius 2 is 0.981 bits per heavy atom. The highest BCUT2D eigenvalue weighted by Gasteiger charge is 2.47. The molecule has 0 aromatic carbocycles. The first-order valence-corrected chi connectivity index (χ1v) is 21.1. The molecule has 0 aromatic heterocycles. The Bertz CT molecular complexity index is 912. The van der Waals surface area contributed by atoms with E-state index >= 15 is 0 Å². The standard InChI is InChI=1S/C40H76O14/c1-3-5-7-9-11-12-13-14-15-16-18-20-22-24-49-26-29(52-32(42)23-21-19-17-10-8-6-4-2)27-50-39-38(48)36(46)34(44)31(54-39)28-51-40-37(47)35(45)33(43)30(25-41)53-40/h29-31,33-41,43-48H,3-28H2,1-2H3. The van der Waals surface area contributed by atoms with Gasteiger partial charge < -0.3 is 64.2 Å². The fraction of sp³-hybridized carbons (Fsp3) is 0.975. The van der Waals surface area contributed by atoms with Gasteiger partial charge >= 0.3 is 5.97 Å². The number of hydrogen-bond donors (Lipinski definition) is 7. The summed E-state index contributed by atoms with van der Waals surface area (Å²) in [6.45, 7) is 3.63. The average Bonchev–Trinajstić information content (AvgIpc) is 3.16. The molecule has 2 rings (SSSR count). The van der Waals surface area contributed by atoms with E-state index in [1.165, 1.54) is 83.5 Å². The fourth-order valence-electron chi connectivity index (χ4n) is 6.81. The highest BCUT2D eigenvalue weighted by atomic mass is 16.7. The lowest BCUT2D eigenvalue weighted by Crippen LogP contribution is -2.61. The van der Waals surface area contributed by atoms with Gasteiger partial charge in [-0.2, -0.15) is 0 Å². The first-order chi connectivity index (χ1) is 26.1. The number of hydrogen-bond acceptors (Lipinski definition) is 14. The van der Waals surface area contributed by atoms with Gasteiger partial charge in [-0.25, -0.2) is 0 Å². The Balaban J connectivity index is 1.82. The molecule has 2 aliphatic rings. The predicted octanol–water partition coefficient (Wildman–Crippen LogP) is 3.79. The van der Waals surface area contributed by atoms with Crippen LogP contribution in [0.5, 0.6) is 0 Å². The van der Waals surface area contributed by atoms with E-state index < -0.39 is 80.7 Å². The first kappa shape index (κ1) is 49.1. The molecule has 14 nitrogen and oxygen atoms in total. The number of aliphatic hydroxyl groups excluding tert-OH is 7. The summed E-state index contributed by atoms with van der Waals surface area (Å²) in [5, 5.41) is 71.6. The molecule has 2 heterocycles. The fourth-order valence-corrected chi connectivity index (χ4v) is 6.81. The summed E-state index contributed by atoms with van der Waals surface area (Å²) in [5.41, 5.74) is 0. The zero-order valence-corrected chi connectivity index (χ0v) is 33.2. The van der Waals surface area contributed by atoms with Crippen LogP contribution in [0.15, 0.2) is 0 Å². The zero-order chi connectivity index (χ0) is 39.6. The van der Waals surface area contributed by atoms with Gasteiger partial charge in [0, 0.05) is 13.0 Å². The van der Waals surface area contributed by atoms with Crippen LogP contribution in [0.2, 0.25) is 0 Å². The molecule has 0 spiro atoms. The van der Waals surface area contributed by atoms with Crippen LogP contribution in [0.3, 0.4) is 0 Å². The van der Waals surface area contributed by atoms with Crippen LogP contribution in [-0.4, -0.2) is 142 Å². The second-order valence-corrected chi connectivity index (χ2v) is 15.2. The minimum Gasteiger partial charge on any atom is -0.457 e. The SMILES string of the molecule is CCCCCCCCCCCCCCCOCC(COC1OC(COC2OC(CO)C(O)C(O)C2O)C(O)C(O)C1O)OC(=O)CCCCCCCCC. The van der Waals surface area contributed by atoms with E-state index in [2.05, 4.69) is 13.8 Å². The Kier molecular flexibility index (Phi) is 27.4. The molecular weight excluding hydrogens is 704 g/mol. The van der Waals surface area contributed by atoms with E-state index in [0.717, 1.165) is 38.5 Å². The third kappa shape index (κ3) is 19.4. The van der Waals surface area contributed by atoms with Crippen LogP contribution in [0, 0.1) is 0 Å². The van der Waals surface area contributed by atoms with Crippen LogP contribution >= 0.6 is 0 Å². The number of carbonyl (C=O) groups excluding carboxylic acids is 1. The largest absolute Gasteiger partial charge is 0.457 e. The molecule has 14 heteroatoms. The van der Waals surface area contributed by atoms with E-state index in [4.69, 9.17) is 28.4 Å². The summed E-state index contributed by atoms with van der Waals surface area (Å²) in [5.74, 6) is -0.381. The number of aliphatic hydroxyl groups is 7. The van der Waals surface area contributed by atoms with Gasteiger partial charge in [-0.3, -0.25) is 4.79 Å². The van der Waals surface area contributed by atoms with Gasteiger partial charge in [0.15, 0.2) is 12.6 Å². The quantitative estimate of drug-likeness (QED) is 0.0383. The maximum absolute atomic E-state index is 12.8. The highest BCUT2D eigenvalue weighted by molar-refractivity contribution is 5.69. The Morgan fingerprint density at radius 3 is 1.50 bits per heavy atom. The number of rotatable bonds is 32. The molecule has 7 N–H and O–H groups in total. The van der Waals surface area contributed by atoms with Crippen molar-refractivity contribution in [2.75, 3.05) is 33.0 Å². The molecule has 0 amide bonds. The van der Waals surface area contributed by atoms with E-state index in [9.17, 15) is 40.5 Å². The van der Waals surface area contributed by atoms with Crippen molar-refractivity contribution in [3.8, 4) is 0 Å². The van der Waals surface area contributed by atoms with E-state index in [0.29, 0.717) is 13.0 Å². The lowest BCUT2D eigenvalue weighted by Gasteiger charge is -2.42. The minimum atomic E-state index is -1.70. The molecule has 0 aliphatic carbocycles. The average molecular weight is 781 g/mol. The summed E-state index contributed by atoms with van der Waals surface area (Å²) in [7, 11) is 0. The summed E-state index contributed by atoms with van der Waals surface area (Å²) in [6.07, 6.45) is 7.74. The van der Waals surface area contributed by atoms with Gasteiger partial charge in [0.05, 0.1) is 26.4 Å². The molecule has 2 fully saturated rings. The Labute approximate surface area is 323 Å². The van der Waals surface area contributed by atoms with Crippen molar-refractivity contribution in [1.82, 2.24) is 0 Å². The molecule has 2 saturated heterocycles. The number of esters is 1. The van der Waals surface area contributed by atoms with Crippen LogP contribution < -0.4 is 0 Å². The van der Waals surface area contributed by atoms with Gasteiger partial charge in [0.1, 0.15) is 54.9 Å². The van der Waals surface area contributed by atoms with Crippen LogP contribution in [-0.2, 0) is 33.2 Å². The maximum Gasteiger partial charge on any atom is 0.306 e. The van der Waals surface area contributed by atoms with Crippen molar-refractivity contribution >= 4 is 5.97 Å². The highest BCUT2D eigenvalue weighted by Crippen LogP contribution is 2.26. The van der Waals surface area contributed by atoms with E-state index in [1.54, 1.807) is 0 Å². The smallest absolute Gasteiger partial charge is 0.306 e. The van der Waals surface area contributed by atoms with Gasteiger partial charge in [-0.1, -0.05) is 129 Å². The van der Waals surface area contributed by atoms with Crippen molar-refractivity contribution in [3.05, 3.63) is 0 Å². The first-order valence-electron chi connectivity index (χ1n) is 21.1. The summed E-state index contributed by atoms with van der Waals surface area (Å²) in [6, 6.07) is 0. The molecule has 11 unspecified atom stereocenters. The summed E-state index contributed by atoms with van der Waals surface area (Å²) >= 11 is 0. The molecule has 11 atom stereocenters. The normalized spacial score (nSPS) is 29.4. The van der Waals surface area contributed by atoms with E-state index in [-0.39, 0.29) is 25.6 Å². The molecule has 0 bridgehead atoms. The molecular formula is C40H76O14. The Hall–Kier alpha value is -1.01. The van der Waals surface area contributed by atoms with Gasteiger partial charge in [0.25, 0.3) is 0 Å². The molecule has 320 valence electrons. The van der Waals surface area contributed by atoms with Gasteiger partial charge in [-0.05, 0) is 12.8 Å². The van der Waals surface area contributed by atoms with E-state index in [1.807, 2.05) is 0 Å². The molecule has 54 heavy (non-hydrogen) atoms. The van der Waals surface area contributed by atoms with Crippen LogP contribution in [0.1, 0.15) is 149 Å². The van der Waals surface area contributed by atoms with Gasteiger partial charge in [-0.15, -0.1) is 0 Å². The summed E-state index contributed by atoms with van der Waals surface area (Å²) < 4.78 is 34.0. The van der Waals surface area contributed by atoms with Crippen LogP contribution in [0.25, 0.3) is 0 Å². The number of ether oxygens (including phenoxy) is 6. The number of unbranched alkanes of at least 4 members (excludes halogenated alkanes) is 18. The lowest BCUT2D eigenvalue weighted by molar-refractivity contribution is -0.332. The molecule has 0 aromatic rings. The second-order valence-electron chi connectivity index (χ2n) is 15.2. The topological polar surface area (TPSA) is 214 Å². The number of carbonyl (C=O) groups is 1. The third-order valence-corrected chi connectivity index (χ3v) is 10.4. The monoisotopic (exact) mass is 781 g/mol. The lowest BCUT2D eigenvalue weighted by atomic mass is 9.98. The summed E-state index contributed by atoms with van der Waals surface area (Å²) in [4.78, 5) is 12.8. The van der Waals surface area contributed by atoms with Crippen molar-refractivity contribution < 1.29 is 69.0 Å². The second kappa shape index (κ2) is 30.1. The Morgan fingerprint density at radius 1 is 0.537 bits per heavy atom. The third-order valence-electron chi connectivity index (χ3n) is 10.4. The zero-order valence-electron chi connectivity index (χ0n) is 33.2. The van der Waals surface area contributed by atoms with Gasteiger partial charge in [0.2, 0.25) is 0 Å². The maximum atomic E-state index is 12.8. The minimum absolute atomic E-state index is 0.0681. The van der Waals surface area contributed by atoms with Crippen molar-refractivity contribution in [3.63, 3.8) is 0 Å². The van der Waals surface area contributed by atoms with Crippen molar-refractivity contribution in [2.24, 2.45) is 0 Å². The van der Waals surface area contributed by atoms with Crippen LogP contribution in [0.4, 0.5) is 0 Å². The molecule has 0 saturated carbocycles. The predicted molar refractivity (Wildman–Crippen MR) is 201 cm³/mol.